The number of hydrogen-bond donors (Lipinski definition) is 0. The molecule has 0 amide bonds. The Balaban J connectivity index is 1.77. The van der Waals surface area contributed by atoms with E-state index in [1.807, 2.05) is 23.3 Å². The van der Waals surface area contributed by atoms with Crippen molar-refractivity contribution in [2.45, 2.75) is 19.1 Å². The molecule has 1 atom stereocenters. The van der Waals surface area contributed by atoms with Crippen LogP contribution in [0.3, 0.4) is 0 Å². The third-order valence-corrected chi connectivity index (χ3v) is 4.51. The predicted octanol–water partition coefficient (Wildman–Crippen LogP) is 2.76. The summed E-state index contributed by atoms with van der Waals surface area (Å²) in [5, 5.41) is 2.92. The van der Waals surface area contributed by atoms with Crippen LogP contribution in [-0.4, -0.2) is 53.3 Å². The van der Waals surface area contributed by atoms with Crippen molar-refractivity contribution in [3.63, 3.8) is 0 Å². The van der Waals surface area contributed by atoms with Crippen LogP contribution in [0.15, 0.2) is 17.8 Å². The van der Waals surface area contributed by atoms with Gasteiger partial charge in [0, 0.05) is 25.7 Å². The number of nitrogens with zero attached hydrogens (tertiary/aromatic N) is 4. The maximum atomic E-state index is 12.5. The summed E-state index contributed by atoms with van der Waals surface area (Å²) in [6.07, 6.45) is -2.63. The van der Waals surface area contributed by atoms with Gasteiger partial charge >= 0.3 is 6.18 Å². The maximum absolute atomic E-state index is 12.5. The van der Waals surface area contributed by atoms with E-state index in [-0.39, 0.29) is 6.04 Å². The van der Waals surface area contributed by atoms with Crippen molar-refractivity contribution in [3.05, 3.63) is 17.8 Å². The smallest absolute Gasteiger partial charge is 0.353 e. The molecule has 1 fully saturated rings. The highest BCUT2D eigenvalue weighted by atomic mass is 32.1. The van der Waals surface area contributed by atoms with E-state index in [0.717, 1.165) is 16.0 Å². The number of hydrogen-bond acceptors (Lipinski definition) is 5. The van der Waals surface area contributed by atoms with Gasteiger partial charge in [-0.15, -0.1) is 11.3 Å². The average molecular weight is 316 g/mol. The number of fused-ring (bicyclic) bond motifs is 1. The lowest BCUT2D eigenvalue weighted by atomic mass is 10.2. The fourth-order valence-electron chi connectivity index (χ4n) is 2.68. The summed E-state index contributed by atoms with van der Waals surface area (Å²) in [7, 11) is 0. The molecule has 0 aromatic carbocycles. The first-order valence-electron chi connectivity index (χ1n) is 6.68. The molecule has 0 spiro atoms. The van der Waals surface area contributed by atoms with Gasteiger partial charge in [0.2, 0.25) is 0 Å². The first-order valence-corrected chi connectivity index (χ1v) is 7.56. The molecule has 2 aromatic heterocycles. The zero-order valence-electron chi connectivity index (χ0n) is 11.5. The molecule has 0 bridgehead atoms. The summed E-state index contributed by atoms with van der Waals surface area (Å²) in [6.45, 7) is 2.44. The minimum absolute atomic E-state index is 0.163. The molecular formula is C13H15F3N4S. The zero-order valence-corrected chi connectivity index (χ0v) is 12.3. The Morgan fingerprint density at radius 2 is 2.14 bits per heavy atom. The molecule has 1 unspecified atom stereocenters. The molecule has 3 heterocycles. The number of aromatic nitrogens is 2. The van der Waals surface area contributed by atoms with Gasteiger partial charge in [-0.1, -0.05) is 0 Å². The standard InChI is InChI=1S/C13H15F3N4S/c1-9-6-19(3-4-20(9)7-13(14,15)16)11-10-2-5-21-12(10)18-8-17-11/h2,5,8-9H,3-4,6-7H2,1H3. The minimum Gasteiger partial charge on any atom is -0.353 e. The third-order valence-electron chi connectivity index (χ3n) is 3.69. The van der Waals surface area contributed by atoms with E-state index in [9.17, 15) is 13.2 Å². The van der Waals surface area contributed by atoms with Crippen LogP contribution in [-0.2, 0) is 0 Å². The van der Waals surface area contributed by atoms with Gasteiger partial charge < -0.3 is 4.90 Å². The fraction of sp³-hybridized carbons (Fsp3) is 0.538. The second-order valence-corrected chi connectivity index (χ2v) is 6.11. The molecule has 114 valence electrons. The van der Waals surface area contributed by atoms with Gasteiger partial charge in [0.25, 0.3) is 0 Å². The largest absolute Gasteiger partial charge is 0.401 e. The van der Waals surface area contributed by atoms with Crippen LogP contribution in [0.1, 0.15) is 6.92 Å². The highest BCUT2D eigenvalue weighted by molar-refractivity contribution is 7.16. The van der Waals surface area contributed by atoms with Gasteiger partial charge in [0.15, 0.2) is 0 Å². The molecule has 8 heteroatoms. The zero-order chi connectivity index (χ0) is 15.0. The van der Waals surface area contributed by atoms with Crippen LogP contribution >= 0.6 is 11.3 Å². The highest BCUT2D eigenvalue weighted by Crippen LogP contribution is 2.29. The number of halogens is 3. The molecule has 4 nitrogen and oxygen atoms in total. The van der Waals surface area contributed by atoms with Crippen molar-refractivity contribution in [2.24, 2.45) is 0 Å². The summed E-state index contributed by atoms with van der Waals surface area (Å²) in [5.41, 5.74) is 0. The SMILES string of the molecule is CC1CN(c2ncnc3sccc23)CCN1CC(F)(F)F. The fourth-order valence-corrected chi connectivity index (χ4v) is 3.41. The van der Waals surface area contributed by atoms with Crippen molar-refractivity contribution in [2.75, 3.05) is 31.1 Å². The molecule has 0 N–H and O–H groups in total. The second kappa shape index (κ2) is 5.42. The Bertz CT molecular complexity index is 627. The van der Waals surface area contributed by atoms with Crippen molar-refractivity contribution in [3.8, 4) is 0 Å². The minimum atomic E-state index is -4.15. The predicted molar refractivity (Wildman–Crippen MR) is 76.7 cm³/mol. The van der Waals surface area contributed by atoms with Crippen LogP contribution in [0.5, 0.6) is 0 Å². The Hall–Kier alpha value is -1.41. The van der Waals surface area contributed by atoms with Crippen LogP contribution in [0.4, 0.5) is 19.0 Å². The number of thiophene rings is 1. The third kappa shape index (κ3) is 3.11. The molecule has 2 aromatic rings. The van der Waals surface area contributed by atoms with Gasteiger partial charge in [-0.25, -0.2) is 9.97 Å². The molecule has 0 aliphatic carbocycles. The van der Waals surface area contributed by atoms with Crippen LogP contribution < -0.4 is 4.90 Å². The van der Waals surface area contributed by atoms with Gasteiger partial charge in [-0.2, -0.15) is 13.2 Å². The Morgan fingerprint density at radius 3 is 2.86 bits per heavy atom. The quantitative estimate of drug-likeness (QED) is 0.853. The average Bonchev–Trinajstić information content (AvgIpc) is 2.88. The van der Waals surface area contributed by atoms with Crippen molar-refractivity contribution < 1.29 is 13.2 Å². The first-order chi connectivity index (χ1) is 9.94. The van der Waals surface area contributed by atoms with Gasteiger partial charge in [-0.3, -0.25) is 4.90 Å². The molecule has 1 aliphatic heterocycles. The normalized spacial score (nSPS) is 21.1. The van der Waals surface area contributed by atoms with E-state index >= 15 is 0 Å². The van der Waals surface area contributed by atoms with Crippen molar-refractivity contribution in [1.82, 2.24) is 14.9 Å². The number of anilines is 1. The summed E-state index contributed by atoms with van der Waals surface area (Å²) >= 11 is 1.54. The second-order valence-electron chi connectivity index (χ2n) is 5.22. The summed E-state index contributed by atoms with van der Waals surface area (Å²) in [4.78, 5) is 13.0. The molecule has 0 saturated carbocycles. The maximum Gasteiger partial charge on any atom is 0.401 e. The van der Waals surface area contributed by atoms with Crippen LogP contribution in [0, 0.1) is 0 Å². The van der Waals surface area contributed by atoms with E-state index in [1.165, 1.54) is 22.6 Å². The lowest BCUT2D eigenvalue weighted by Gasteiger charge is -2.40. The Morgan fingerprint density at radius 1 is 1.33 bits per heavy atom. The monoisotopic (exact) mass is 316 g/mol. The Kier molecular flexibility index (Phi) is 3.75. The number of alkyl halides is 3. The summed E-state index contributed by atoms with van der Waals surface area (Å²) < 4.78 is 37.6. The molecule has 0 radical (unpaired) electrons. The van der Waals surface area contributed by atoms with Crippen LogP contribution in [0.25, 0.3) is 10.2 Å². The van der Waals surface area contributed by atoms with Gasteiger partial charge in [0.1, 0.15) is 17.0 Å². The summed E-state index contributed by atoms with van der Waals surface area (Å²) in [6, 6.07) is 1.80. The van der Waals surface area contributed by atoms with Gasteiger partial charge in [-0.05, 0) is 18.4 Å². The Labute approximate surface area is 124 Å². The van der Waals surface area contributed by atoms with Gasteiger partial charge in [0.05, 0.1) is 11.9 Å². The number of piperazine rings is 1. The van der Waals surface area contributed by atoms with Crippen molar-refractivity contribution >= 4 is 27.4 Å². The lowest BCUT2D eigenvalue weighted by molar-refractivity contribution is -0.150. The number of rotatable bonds is 2. The molecule has 1 saturated heterocycles. The highest BCUT2D eigenvalue weighted by Gasteiger charge is 2.35. The first kappa shape index (κ1) is 14.5. The van der Waals surface area contributed by atoms with Crippen molar-refractivity contribution in [1.29, 1.82) is 0 Å². The van der Waals surface area contributed by atoms with E-state index in [1.54, 1.807) is 0 Å². The molecule has 21 heavy (non-hydrogen) atoms. The molecule has 1 aliphatic rings. The topological polar surface area (TPSA) is 32.3 Å². The van der Waals surface area contributed by atoms with E-state index in [0.29, 0.717) is 19.6 Å². The van der Waals surface area contributed by atoms with Crippen LogP contribution in [0.2, 0.25) is 0 Å². The van der Waals surface area contributed by atoms with E-state index < -0.39 is 12.7 Å². The lowest BCUT2D eigenvalue weighted by Crippen LogP contribution is -2.54. The van der Waals surface area contributed by atoms with E-state index in [2.05, 4.69) is 9.97 Å². The van der Waals surface area contributed by atoms with E-state index in [4.69, 9.17) is 0 Å². The molecular weight excluding hydrogens is 301 g/mol. The molecule has 3 rings (SSSR count). The summed E-state index contributed by atoms with van der Waals surface area (Å²) in [5.74, 6) is 0.819.